The van der Waals surface area contributed by atoms with Crippen molar-refractivity contribution in [3.63, 3.8) is 0 Å². The zero-order valence-corrected chi connectivity index (χ0v) is 11.2. The van der Waals surface area contributed by atoms with Gasteiger partial charge in [0, 0.05) is 6.42 Å². The van der Waals surface area contributed by atoms with Crippen molar-refractivity contribution < 1.29 is 4.74 Å². The van der Waals surface area contributed by atoms with Crippen molar-refractivity contribution in [3.8, 4) is 5.75 Å². The Morgan fingerprint density at radius 2 is 2.06 bits per heavy atom. The summed E-state index contributed by atoms with van der Waals surface area (Å²) < 4.78 is 6.36. The lowest BCUT2D eigenvalue weighted by atomic mass is 10.0. The summed E-state index contributed by atoms with van der Waals surface area (Å²) in [6, 6.07) is 9.56. The molecular formula is C14H14NO2S-. The third-order valence-corrected chi connectivity index (χ3v) is 3.25. The van der Waals surface area contributed by atoms with Gasteiger partial charge in [0.15, 0.2) is 0 Å². The second kappa shape index (κ2) is 5.23. The van der Waals surface area contributed by atoms with Crippen molar-refractivity contribution in [1.82, 2.24) is 4.73 Å². The second-order valence-corrected chi connectivity index (χ2v) is 4.54. The lowest BCUT2D eigenvalue weighted by Gasteiger charge is -2.14. The summed E-state index contributed by atoms with van der Waals surface area (Å²) in [5.41, 5.74) is 3.03. The van der Waals surface area contributed by atoms with Crippen LogP contribution in [0.1, 0.15) is 16.7 Å². The van der Waals surface area contributed by atoms with E-state index in [2.05, 4.69) is 6.07 Å². The molecule has 0 aliphatic heterocycles. The van der Waals surface area contributed by atoms with E-state index in [4.69, 9.17) is 17.0 Å². The molecule has 1 aromatic carbocycles. The summed E-state index contributed by atoms with van der Waals surface area (Å²) in [7, 11) is 1.64. The molecule has 4 heteroatoms. The average Bonchev–Trinajstić information content (AvgIpc) is 2.35. The van der Waals surface area contributed by atoms with Crippen molar-refractivity contribution in [2.45, 2.75) is 13.3 Å². The standard InChI is InChI=1S/C14H14NO2S/c1-10-5-6-13(17-2)12(8-10)9-11-4-3-7-15(16)14(11)18/h3-8H,9H2,1-2H3/q-1. The van der Waals surface area contributed by atoms with Crippen molar-refractivity contribution >= 4 is 12.2 Å². The number of hydrogen-bond acceptors (Lipinski definition) is 3. The van der Waals surface area contributed by atoms with Crippen molar-refractivity contribution in [2.75, 3.05) is 7.11 Å². The Morgan fingerprint density at radius 3 is 2.78 bits per heavy atom. The number of benzene rings is 1. The van der Waals surface area contributed by atoms with Crippen LogP contribution >= 0.6 is 12.2 Å². The highest BCUT2D eigenvalue weighted by molar-refractivity contribution is 7.71. The zero-order valence-electron chi connectivity index (χ0n) is 10.3. The average molecular weight is 260 g/mol. The molecule has 0 bridgehead atoms. The molecule has 0 N–H and O–H groups in total. The Hall–Kier alpha value is -1.81. The summed E-state index contributed by atoms with van der Waals surface area (Å²) in [6.07, 6.45) is 2.02. The predicted octanol–water partition coefficient (Wildman–Crippen LogP) is 3.47. The number of nitrogens with zero attached hydrogens (tertiary/aromatic N) is 1. The largest absolute Gasteiger partial charge is 0.805 e. The van der Waals surface area contributed by atoms with Crippen molar-refractivity contribution in [2.24, 2.45) is 0 Å². The van der Waals surface area contributed by atoms with Crippen LogP contribution in [0.5, 0.6) is 5.75 Å². The van der Waals surface area contributed by atoms with Gasteiger partial charge >= 0.3 is 0 Å². The molecular weight excluding hydrogens is 246 g/mol. The highest BCUT2D eigenvalue weighted by Crippen LogP contribution is 2.23. The molecule has 0 saturated carbocycles. The molecule has 0 radical (unpaired) electrons. The van der Waals surface area contributed by atoms with Gasteiger partial charge in [-0.1, -0.05) is 36.0 Å². The van der Waals surface area contributed by atoms with Crippen LogP contribution in [0.3, 0.4) is 0 Å². The molecule has 18 heavy (non-hydrogen) atoms. The Bertz CT molecular complexity index is 619. The fourth-order valence-electron chi connectivity index (χ4n) is 1.90. The van der Waals surface area contributed by atoms with Gasteiger partial charge in [-0.15, -0.1) is 0 Å². The molecule has 0 aliphatic carbocycles. The number of aromatic nitrogens is 1. The van der Waals surface area contributed by atoms with E-state index in [9.17, 15) is 5.21 Å². The minimum absolute atomic E-state index is 0.320. The molecule has 2 rings (SSSR count). The lowest BCUT2D eigenvalue weighted by molar-refractivity contribution is 0.410. The molecule has 0 amide bonds. The molecule has 1 aromatic heterocycles. The van der Waals surface area contributed by atoms with Crippen molar-refractivity contribution in [1.29, 1.82) is 0 Å². The van der Waals surface area contributed by atoms with Crippen LogP contribution in [-0.4, -0.2) is 11.8 Å². The van der Waals surface area contributed by atoms with E-state index in [0.29, 0.717) is 15.8 Å². The lowest BCUT2D eigenvalue weighted by Crippen LogP contribution is -1.99. The van der Waals surface area contributed by atoms with Gasteiger partial charge in [-0.2, -0.15) is 0 Å². The van der Waals surface area contributed by atoms with E-state index >= 15 is 0 Å². The van der Waals surface area contributed by atoms with E-state index < -0.39 is 0 Å². The first-order valence-electron chi connectivity index (χ1n) is 5.63. The molecule has 0 atom stereocenters. The van der Waals surface area contributed by atoms with Gasteiger partial charge < -0.3 is 14.7 Å². The van der Waals surface area contributed by atoms with Crippen LogP contribution in [0.25, 0.3) is 0 Å². The van der Waals surface area contributed by atoms with Crippen LogP contribution in [-0.2, 0) is 6.42 Å². The van der Waals surface area contributed by atoms with E-state index in [-0.39, 0.29) is 0 Å². The Kier molecular flexibility index (Phi) is 3.67. The highest BCUT2D eigenvalue weighted by Gasteiger charge is 2.05. The molecule has 0 aliphatic rings. The van der Waals surface area contributed by atoms with E-state index in [1.165, 1.54) is 6.20 Å². The molecule has 0 spiro atoms. The molecule has 94 valence electrons. The van der Waals surface area contributed by atoms with Crippen LogP contribution in [0.2, 0.25) is 0 Å². The Balaban J connectivity index is 2.42. The van der Waals surface area contributed by atoms with Gasteiger partial charge in [0.05, 0.1) is 7.11 Å². The van der Waals surface area contributed by atoms with E-state index in [1.54, 1.807) is 13.2 Å². The van der Waals surface area contributed by atoms with E-state index in [1.807, 2.05) is 25.1 Å². The monoisotopic (exact) mass is 260 g/mol. The van der Waals surface area contributed by atoms with Crippen LogP contribution in [0.4, 0.5) is 0 Å². The molecule has 0 saturated heterocycles. The third kappa shape index (κ3) is 2.54. The van der Waals surface area contributed by atoms with Gasteiger partial charge in [-0.05, 0) is 36.4 Å². The minimum atomic E-state index is 0.320. The minimum Gasteiger partial charge on any atom is -0.805 e. The Morgan fingerprint density at radius 1 is 1.28 bits per heavy atom. The number of rotatable bonds is 3. The third-order valence-electron chi connectivity index (χ3n) is 2.81. The van der Waals surface area contributed by atoms with Gasteiger partial charge in [0.25, 0.3) is 0 Å². The molecule has 0 fully saturated rings. The van der Waals surface area contributed by atoms with Crippen molar-refractivity contribution in [3.05, 3.63) is 63.1 Å². The van der Waals surface area contributed by atoms with Gasteiger partial charge in [-0.25, -0.2) is 0 Å². The Labute approximate surface area is 111 Å². The quantitative estimate of drug-likeness (QED) is 0.793. The molecule has 1 heterocycles. The summed E-state index contributed by atoms with van der Waals surface area (Å²) in [6.45, 7) is 2.02. The normalized spacial score (nSPS) is 10.3. The summed E-state index contributed by atoms with van der Waals surface area (Å²) in [5, 5.41) is 11.4. The number of methoxy groups -OCH3 is 1. The van der Waals surface area contributed by atoms with Crippen LogP contribution < -0.4 is 4.74 Å². The second-order valence-electron chi connectivity index (χ2n) is 4.16. The summed E-state index contributed by atoms with van der Waals surface area (Å²) >= 11 is 5.11. The smallest absolute Gasteiger partial charge is 0.122 e. The number of aryl methyl sites for hydroxylation is 1. The predicted molar refractivity (Wildman–Crippen MR) is 74.6 cm³/mol. The molecule has 2 aromatic rings. The molecule has 0 unspecified atom stereocenters. The summed E-state index contributed by atoms with van der Waals surface area (Å²) in [4.78, 5) is 0. The van der Waals surface area contributed by atoms with Gasteiger partial charge in [0.1, 0.15) is 10.4 Å². The molecule has 3 nitrogen and oxygen atoms in total. The first-order chi connectivity index (χ1) is 8.61. The fourth-order valence-corrected chi connectivity index (χ4v) is 2.10. The fraction of sp³-hybridized carbons (Fsp3) is 0.214. The number of ether oxygens (including phenoxy) is 1. The zero-order chi connectivity index (χ0) is 13.1. The first-order valence-corrected chi connectivity index (χ1v) is 6.04. The van der Waals surface area contributed by atoms with Gasteiger partial charge in [0.2, 0.25) is 0 Å². The van der Waals surface area contributed by atoms with Crippen LogP contribution in [0, 0.1) is 16.8 Å². The maximum Gasteiger partial charge on any atom is 0.122 e. The van der Waals surface area contributed by atoms with Crippen LogP contribution in [0.15, 0.2) is 36.5 Å². The number of pyridine rings is 1. The van der Waals surface area contributed by atoms with E-state index in [0.717, 1.165) is 22.4 Å². The SMILES string of the molecule is COc1ccc(C)cc1Cc1cccn([O-])c1=S. The maximum absolute atomic E-state index is 11.4. The number of hydrogen-bond donors (Lipinski definition) is 0. The van der Waals surface area contributed by atoms with Gasteiger partial charge in [-0.3, -0.25) is 0 Å². The highest BCUT2D eigenvalue weighted by atomic mass is 32.1. The maximum atomic E-state index is 11.4. The first kappa shape index (κ1) is 12.6. The topological polar surface area (TPSA) is 37.2 Å². The summed E-state index contributed by atoms with van der Waals surface area (Å²) in [5.74, 6) is 0.816.